The number of carbonyl (C=O) groups excluding carboxylic acids is 1. The van der Waals surface area contributed by atoms with Crippen LogP contribution in [0.5, 0.6) is 5.75 Å². The molecule has 4 aromatic rings. The highest BCUT2D eigenvalue weighted by Crippen LogP contribution is 2.20. The van der Waals surface area contributed by atoms with E-state index in [-0.39, 0.29) is 5.91 Å². The van der Waals surface area contributed by atoms with Gasteiger partial charge in [0.1, 0.15) is 11.6 Å². The predicted octanol–water partition coefficient (Wildman–Crippen LogP) is 6.21. The Bertz CT molecular complexity index is 1260. The molecule has 0 radical (unpaired) electrons. The molecule has 174 valence electrons. The molecule has 0 unspecified atom stereocenters. The highest BCUT2D eigenvalue weighted by molar-refractivity contribution is 6.30. The van der Waals surface area contributed by atoms with Gasteiger partial charge in [0, 0.05) is 17.1 Å². The quantitative estimate of drug-likeness (QED) is 0.208. The van der Waals surface area contributed by atoms with Crippen molar-refractivity contribution in [2.45, 2.75) is 32.4 Å². The van der Waals surface area contributed by atoms with Crippen LogP contribution < -0.4 is 10.1 Å². The van der Waals surface area contributed by atoms with Crippen molar-refractivity contribution < 1.29 is 9.53 Å². The molecular weight excluding hydrogens is 446 g/mol. The van der Waals surface area contributed by atoms with E-state index < -0.39 is 0 Å². The van der Waals surface area contributed by atoms with Gasteiger partial charge in [0.05, 0.1) is 24.2 Å². The molecule has 0 fully saturated rings. The monoisotopic (exact) mass is 473 g/mol. The maximum Gasteiger partial charge on any atom is 0.251 e. The molecule has 6 heteroatoms. The molecule has 0 aliphatic heterocycles. The fourth-order valence-electron chi connectivity index (χ4n) is 3.90. The molecule has 1 N–H and O–H groups in total. The standard InChI is InChI=1S/C28H28ClN3O2/c1-2-9-21-10-3-6-13-26(21)34-19-8-7-18-32-25-12-5-4-11-24(25)31-27(32)20-30-28(33)22-14-16-23(29)17-15-22/h2-6,10-17H,1,7-9,18-20H2,(H,30,33). The number of halogens is 1. The average molecular weight is 474 g/mol. The number of unbranched alkanes of at least 4 members (excludes halogenated alkanes) is 1. The van der Waals surface area contributed by atoms with Crippen molar-refractivity contribution in [1.82, 2.24) is 14.9 Å². The van der Waals surface area contributed by atoms with Crippen LogP contribution in [0.3, 0.4) is 0 Å². The third kappa shape index (κ3) is 5.86. The molecule has 0 atom stereocenters. The van der Waals surface area contributed by atoms with E-state index in [1.807, 2.05) is 42.5 Å². The van der Waals surface area contributed by atoms with E-state index in [9.17, 15) is 4.79 Å². The lowest BCUT2D eigenvalue weighted by molar-refractivity contribution is 0.0949. The van der Waals surface area contributed by atoms with Gasteiger partial charge in [0.25, 0.3) is 5.91 Å². The molecule has 0 saturated carbocycles. The number of para-hydroxylation sites is 3. The summed E-state index contributed by atoms with van der Waals surface area (Å²) < 4.78 is 8.21. The summed E-state index contributed by atoms with van der Waals surface area (Å²) >= 11 is 5.92. The highest BCUT2D eigenvalue weighted by atomic mass is 35.5. The molecule has 0 saturated heterocycles. The van der Waals surface area contributed by atoms with Crippen molar-refractivity contribution in [3.05, 3.63) is 107 Å². The largest absolute Gasteiger partial charge is 0.493 e. The number of hydrogen-bond donors (Lipinski definition) is 1. The summed E-state index contributed by atoms with van der Waals surface area (Å²) in [6.07, 6.45) is 4.52. The minimum Gasteiger partial charge on any atom is -0.493 e. The molecule has 1 aromatic heterocycles. The van der Waals surface area contributed by atoms with Gasteiger partial charge in [0.15, 0.2) is 0 Å². The van der Waals surface area contributed by atoms with E-state index in [0.29, 0.717) is 23.7 Å². The number of hydrogen-bond acceptors (Lipinski definition) is 3. The van der Waals surface area contributed by atoms with Crippen LogP contribution in [0.25, 0.3) is 11.0 Å². The number of carbonyl (C=O) groups is 1. The van der Waals surface area contributed by atoms with E-state index in [4.69, 9.17) is 21.3 Å². The zero-order chi connectivity index (χ0) is 23.8. The Morgan fingerprint density at radius 2 is 1.79 bits per heavy atom. The van der Waals surface area contributed by atoms with Crippen molar-refractivity contribution in [2.75, 3.05) is 6.61 Å². The van der Waals surface area contributed by atoms with Crippen LogP contribution in [0.2, 0.25) is 5.02 Å². The van der Waals surface area contributed by atoms with E-state index in [1.54, 1.807) is 24.3 Å². The molecule has 5 nitrogen and oxygen atoms in total. The molecule has 0 bridgehead atoms. The minimum absolute atomic E-state index is 0.151. The van der Waals surface area contributed by atoms with Crippen molar-refractivity contribution in [1.29, 1.82) is 0 Å². The predicted molar refractivity (Wildman–Crippen MR) is 137 cm³/mol. The van der Waals surface area contributed by atoms with Gasteiger partial charge in [-0.15, -0.1) is 6.58 Å². The number of imidazole rings is 1. The molecular formula is C28H28ClN3O2. The van der Waals surface area contributed by atoms with Gasteiger partial charge in [-0.25, -0.2) is 4.98 Å². The van der Waals surface area contributed by atoms with Crippen LogP contribution >= 0.6 is 11.6 Å². The van der Waals surface area contributed by atoms with Gasteiger partial charge in [0.2, 0.25) is 0 Å². The van der Waals surface area contributed by atoms with E-state index in [2.05, 4.69) is 28.6 Å². The summed E-state index contributed by atoms with van der Waals surface area (Å²) in [7, 11) is 0. The summed E-state index contributed by atoms with van der Waals surface area (Å²) in [5, 5.41) is 3.58. The minimum atomic E-state index is -0.151. The first-order valence-corrected chi connectivity index (χ1v) is 11.8. The number of allylic oxidation sites excluding steroid dienone is 1. The normalized spacial score (nSPS) is 10.9. The van der Waals surface area contributed by atoms with Crippen LogP contribution in [0.15, 0.2) is 85.5 Å². The number of nitrogens with zero attached hydrogens (tertiary/aromatic N) is 2. The third-order valence-electron chi connectivity index (χ3n) is 5.62. The first-order valence-electron chi connectivity index (χ1n) is 11.4. The molecule has 34 heavy (non-hydrogen) atoms. The number of fused-ring (bicyclic) bond motifs is 1. The van der Waals surface area contributed by atoms with Crippen LogP contribution in [0.1, 0.15) is 34.6 Å². The summed E-state index contributed by atoms with van der Waals surface area (Å²) in [4.78, 5) is 17.3. The summed E-state index contributed by atoms with van der Waals surface area (Å²) in [6.45, 7) is 5.61. The fourth-order valence-corrected chi connectivity index (χ4v) is 4.02. The van der Waals surface area contributed by atoms with Crippen molar-refractivity contribution in [3.63, 3.8) is 0 Å². The number of amides is 1. The molecule has 0 aliphatic rings. The Balaban J connectivity index is 1.37. The Labute approximate surface area is 205 Å². The number of benzene rings is 3. The molecule has 0 spiro atoms. The van der Waals surface area contributed by atoms with E-state index in [1.165, 1.54) is 0 Å². The lowest BCUT2D eigenvalue weighted by atomic mass is 10.1. The van der Waals surface area contributed by atoms with Gasteiger partial charge in [-0.3, -0.25) is 4.79 Å². The smallest absolute Gasteiger partial charge is 0.251 e. The van der Waals surface area contributed by atoms with Crippen LogP contribution in [-0.4, -0.2) is 22.1 Å². The summed E-state index contributed by atoms with van der Waals surface area (Å²) in [5.41, 5.74) is 3.71. The zero-order valence-corrected chi connectivity index (χ0v) is 19.8. The summed E-state index contributed by atoms with van der Waals surface area (Å²) in [5.74, 6) is 1.60. The highest BCUT2D eigenvalue weighted by Gasteiger charge is 2.12. The first kappa shape index (κ1) is 23.6. The molecule has 3 aromatic carbocycles. The molecule has 1 heterocycles. The first-order chi connectivity index (χ1) is 16.7. The second kappa shape index (κ2) is 11.5. The Hall–Kier alpha value is -3.57. The average Bonchev–Trinajstić information content (AvgIpc) is 3.21. The second-order valence-electron chi connectivity index (χ2n) is 8.01. The van der Waals surface area contributed by atoms with Gasteiger partial charge in [-0.1, -0.05) is 48.0 Å². The van der Waals surface area contributed by atoms with Crippen molar-refractivity contribution in [2.24, 2.45) is 0 Å². The number of nitrogens with one attached hydrogen (secondary N) is 1. The van der Waals surface area contributed by atoms with Gasteiger partial charge < -0.3 is 14.6 Å². The Morgan fingerprint density at radius 1 is 1.03 bits per heavy atom. The Morgan fingerprint density at radius 3 is 2.62 bits per heavy atom. The summed E-state index contributed by atoms with van der Waals surface area (Å²) in [6, 6.07) is 23.0. The molecule has 4 rings (SSSR count). The van der Waals surface area contributed by atoms with Crippen molar-refractivity contribution in [3.8, 4) is 5.75 Å². The maximum atomic E-state index is 12.5. The lowest BCUT2D eigenvalue weighted by Gasteiger charge is -2.12. The van der Waals surface area contributed by atoms with Crippen LogP contribution in [-0.2, 0) is 19.5 Å². The SMILES string of the molecule is C=CCc1ccccc1OCCCCn1c(CNC(=O)c2ccc(Cl)cc2)nc2ccccc21. The lowest BCUT2D eigenvalue weighted by Crippen LogP contribution is -2.24. The van der Waals surface area contributed by atoms with Gasteiger partial charge >= 0.3 is 0 Å². The zero-order valence-electron chi connectivity index (χ0n) is 19.0. The second-order valence-corrected chi connectivity index (χ2v) is 8.45. The van der Waals surface area contributed by atoms with Crippen molar-refractivity contribution >= 4 is 28.5 Å². The third-order valence-corrected chi connectivity index (χ3v) is 5.87. The van der Waals surface area contributed by atoms with Gasteiger partial charge in [-0.2, -0.15) is 0 Å². The molecule has 0 aliphatic carbocycles. The maximum absolute atomic E-state index is 12.5. The fraction of sp³-hybridized carbons (Fsp3) is 0.214. The molecule has 1 amide bonds. The number of ether oxygens (including phenoxy) is 1. The van der Waals surface area contributed by atoms with E-state index >= 15 is 0 Å². The van der Waals surface area contributed by atoms with Gasteiger partial charge in [-0.05, 0) is 67.3 Å². The number of aryl methyl sites for hydroxylation is 1. The van der Waals surface area contributed by atoms with Crippen LogP contribution in [0.4, 0.5) is 0 Å². The topological polar surface area (TPSA) is 56.1 Å². The number of rotatable bonds is 11. The Kier molecular flexibility index (Phi) is 7.99. The number of aromatic nitrogens is 2. The van der Waals surface area contributed by atoms with Crippen LogP contribution in [0, 0.1) is 0 Å². The van der Waals surface area contributed by atoms with E-state index in [0.717, 1.165) is 54.0 Å².